The van der Waals surface area contributed by atoms with Gasteiger partial charge in [-0.25, -0.2) is 0 Å². The molecule has 0 saturated heterocycles. The number of unbranched alkanes of at least 4 members (excludes halogenated alkanes) is 1. The van der Waals surface area contributed by atoms with Gasteiger partial charge in [0.2, 0.25) is 17.7 Å². The number of rotatable bonds is 13. The minimum absolute atomic E-state index is 0.00365. The molecule has 0 aromatic heterocycles. The van der Waals surface area contributed by atoms with Crippen molar-refractivity contribution in [1.29, 1.82) is 0 Å². The maximum absolute atomic E-state index is 12.7. The van der Waals surface area contributed by atoms with E-state index in [0.29, 0.717) is 29.2 Å². The Morgan fingerprint density at radius 3 is 1.94 bits per heavy atom. The number of hydrogen-bond donors (Lipinski definition) is 4. The van der Waals surface area contributed by atoms with E-state index in [0.717, 1.165) is 11.1 Å². The molecule has 0 spiro atoms. The maximum Gasteiger partial charge on any atom is 0.303 e. The summed E-state index contributed by atoms with van der Waals surface area (Å²) in [5, 5.41) is 18.1. The summed E-state index contributed by atoms with van der Waals surface area (Å²) < 4.78 is 0. The van der Waals surface area contributed by atoms with E-state index in [2.05, 4.69) is 47.8 Å². The highest BCUT2D eigenvalue weighted by molar-refractivity contribution is 9.08. The van der Waals surface area contributed by atoms with Crippen LogP contribution in [0.5, 0.6) is 0 Å². The molecule has 1 aromatic carbocycles. The summed E-state index contributed by atoms with van der Waals surface area (Å²) in [5.74, 6) is -2.23. The van der Waals surface area contributed by atoms with Crippen molar-refractivity contribution in [3.63, 3.8) is 0 Å². The van der Waals surface area contributed by atoms with Crippen LogP contribution in [-0.2, 0) is 29.8 Å². The molecule has 0 aliphatic rings. The molecule has 0 saturated carbocycles. The van der Waals surface area contributed by atoms with E-state index in [4.69, 9.17) is 5.11 Å². The van der Waals surface area contributed by atoms with Crippen LogP contribution in [0, 0.1) is 5.92 Å². The Morgan fingerprint density at radius 1 is 0.875 bits per heavy atom. The smallest absolute Gasteiger partial charge is 0.303 e. The van der Waals surface area contributed by atoms with Crippen LogP contribution < -0.4 is 16.0 Å². The average Bonchev–Trinajstić information content (AvgIpc) is 2.74. The first-order valence-electron chi connectivity index (χ1n) is 10.4. The van der Waals surface area contributed by atoms with Crippen LogP contribution in [0.15, 0.2) is 18.2 Å². The predicted molar refractivity (Wildman–Crippen MR) is 131 cm³/mol. The first-order valence-corrected chi connectivity index (χ1v) is 12.7. The van der Waals surface area contributed by atoms with Gasteiger partial charge < -0.3 is 21.1 Å². The summed E-state index contributed by atoms with van der Waals surface area (Å²) in [6.45, 7) is 5.18. The van der Waals surface area contributed by atoms with Gasteiger partial charge in [-0.3, -0.25) is 19.2 Å². The summed E-state index contributed by atoms with van der Waals surface area (Å²) >= 11 is 6.82. The number of carbonyl (C=O) groups is 4. The summed E-state index contributed by atoms with van der Waals surface area (Å²) in [6.07, 6.45) is 0.960. The molecule has 0 aliphatic carbocycles. The molecule has 0 unspecified atom stereocenters. The quantitative estimate of drug-likeness (QED) is 0.210. The zero-order chi connectivity index (χ0) is 24.3. The van der Waals surface area contributed by atoms with Crippen LogP contribution >= 0.6 is 31.9 Å². The number of hydrogen-bond acceptors (Lipinski definition) is 4. The molecular weight excluding hydrogens is 546 g/mol. The average molecular weight is 577 g/mol. The Kier molecular flexibility index (Phi) is 12.5. The standard InChI is InChI=1S/C22H31Br2N3O5/c1-13(2)20(27-18(28)6-4-5-7-19(29)30)22(32)25-14(3)21(31)26-17-9-15(11-23)8-16(10-17)12-24/h8-10,13-14,20H,4-7,11-12H2,1-3H3,(H,25,32)(H,26,31)(H,27,28)(H,29,30)/t14-,20-/m0/s1. The first-order chi connectivity index (χ1) is 15.1. The Balaban J connectivity index is 2.67. The van der Waals surface area contributed by atoms with Crippen molar-refractivity contribution in [2.75, 3.05) is 5.32 Å². The minimum Gasteiger partial charge on any atom is -0.481 e. The van der Waals surface area contributed by atoms with Crippen LogP contribution in [0.4, 0.5) is 5.69 Å². The molecule has 10 heteroatoms. The third kappa shape index (κ3) is 10.1. The maximum atomic E-state index is 12.7. The Hall–Kier alpha value is -1.94. The minimum atomic E-state index is -0.903. The molecule has 0 aliphatic heterocycles. The van der Waals surface area contributed by atoms with Crippen LogP contribution in [0.25, 0.3) is 0 Å². The number of amides is 3. The fourth-order valence-electron chi connectivity index (χ4n) is 2.95. The van der Waals surface area contributed by atoms with E-state index < -0.39 is 24.0 Å². The van der Waals surface area contributed by atoms with E-state index in [1.165, 1.54) is 0 Å². The Bertz CT molecular complexity index is 795. The van der Waals surface area contributed by atoms with Crippen LogP contribution in [0.2, 0.25) is 0 Å². The largest absolute Gasteiger partial charge is 0.481 e. The van der Waals surface area contributed by atoms with Crippen molar-refractivity contribution in [2.24, 2.45) is 5.92 Å². The summed E-state index contributed by atoms with van der Waals surface area (Å²) in [6, 6.07) is 4.12. The SMILES string of the molecule is CC(C)[C@H](NC(=O)CCCCC(=O)O)C(=O)N[C@@H](C)C(=O)Nc1cc(CBr)cc(CBr)c1. The molecule has 3 amide bonds. The molecule has 178 valence electrons. The van der Waals surface area contributed by atoms with Gasteiger partial charge in [-0.1, -0.05) is 51.8 Å². The summed E-state index contributed by atoms with van der Waals surface area (Å²) in [5.41, 5.74) is 2.66. The van der Waals surface area contributed by atoms with Gasteiger partial charge in [-0.05, 0) is 48.9 Å². The van der Waals surface area contributed by atoms with Crippen LogP contribution in [-0.4, -0.2) is 40.9 Å². The van der Waals surface area contributed by atoms with Crippen LogP contribution in [0.3, 0.4) is 0 Å². The Labute approximate surface area is 205 Å². The van der Waals surface area contributed by atoms with Gasteiger partial charge in [0.1, 0.15) is 12.1 Å². The topological polar surface area (TPSA) is 125 Å². The molecule has 4 N–H and O–H groups in total. The lowest BCUT2D eigenvalue weighted by molar-refractivity contribution is -0.137. The summed E-state index contributed by atoms with van der Waals surface area (Å²) in [7, 11) is 0. The fourth-order valence-corrected chi connectivity index (χ4v) is 3.60. The van der Waals surface area contributed by atoms with Gasteiger partial charge in [-0.15, -0.1) is 0 Å². The number of carboxylic acids is 1. The van der Waals surface area contributed by atoms with Crippen LogP contribution in [0.1, 0.15) is 57.6 Å². The number of carbonyl (C=O) groups excluding carboxylic acids is 3. The lowest BCUT2D eigenvalue weighted by Crippen LogP contribution is -2.53. The predicted octanol–water partition coefficient (Wildman–Crippen LogP) is 3.71. The van der Waals surface area contributed by atoms with Gasteiger partial charge in [0.05, 0.1) is 0 Å². The molecule has 0 radical (unpaired) electrons. The normalized spacial score (nSPS) is 12.7. The highest BCUT2D eigenvalue weighted by atomic mass is 79.9. The van der Waals surface area contributed by atoms with Crippen molar-refractivity contribution < 1.29 is 24.3 Å². The van der Waals surface area contributed by atoms with Gasteiger partial charge in [0.15, 0.2) is 0 Å². The molecule has 8 nitrogen and oxygen atoms in total. The number of alkyl halides is 2. The molecule has 2 atom stereocenters. The van der Waals surface area contributed by atoms with Crippen molar-refractivity contribution in [2.45, 2.75) is 69.2 Å². The number of nitrogens with one attached hydrogen (secondary N) is 3. The lowest BCUT2D eigenvalue weighted by Gasteiger charge is -2.24. The van der Waals surface area contributed by atoms with E-state index >= 15 is 0 Å². The van der Waals surface area contributed by atoms with Crippen molar-refractivity contribution in [3.8, 4) is 0 Å². The van der Waals surface area contributed by atoms with Crippen molar-refractivity contribution in [1.82, 2.24) is 10.6 Å². The number of halogens is 2. The van der Waals surface area contributed by atoms with Gasteiger partial charge in [0.25, 0.3) is 0 Å². The second-order valence-corrected chi connectivity index (χ2v) is 9.04. The molecule has 32 heavy (non-hydrogen) atoms. The zero-order valence-electron chi connectivity index (χ0n) is 18.5. The highest BCUT2D eigenvalue weighted by Gasteiger charge is 2.27. The molecular formula is C22H31Br2N3O5. The fraction of sp³-hybridized carbons (Fsp3) is 0.545. The lowest BCUT2D eigenvalue weighted by atomic mass is 10.0. The van der Waals surface area contributed by atoms with E-state index in [1.807, 2.05) is 18.2 Å². The van der Waals surface area contributed by atoms with Gasteiger partial charge >= 0.3 is 5.97 Å². The summed E-state index contributed by atoms with van der Waals surface area (Å²) in [4.78, 5) is 48.0. The number of carboxylic acid groups (broad SMARTS) is 1. The second-order valence-electron chi connectivity index (χ2n) is 7.92. The molecule has 0 heterocycles. The second kappa shape index (κ2) is 14.3. The molecule has 0 bridgehead atoms. The molecule has 1 aromatic rings. The highest BCUT2D eigenvalue weighted by Crippen LogP contribution is 2.19. The third-order valence-electron chi connectivity index (χ3n) is 4.69. The van der Waals surface area contributed by atoms with E-state index in [1.54, 1.807) is 20.8 Å². The monoisotopic (exact) mass is 575 g/mol. The number of anilines is 1. The first kappa shape index (κ1) is 28.1. The molecule has 1 rings (SSSR count). The third-order valence-corrected chi connectivity index (χ3v) is 5.99. The Morgan fingerprint density at radius 2 is 1.44 bits per heavy atom. The van der Waals surface area contributed by atoms with Crippen molar-refractivity contribution >= 4 is 61.2 Å². The van der Waals surface area contributed by atoms with Gasteiger partial charge in [-0.2, -0.15) is 0 Å². The molecule has 0 fully saturated rings. The zero-order valence-corrected chi connectivity index (χ0v) is 21.7. The number of aliphatic carboxylic acids is 1. The van der Waals surface area contributed by atoms with E-state index in [-0.39, 0.29) is 30.6 Å². The van der Waals surface area contributed by atoms with E-state index in [9.17, 15) is 19.2 Å². The van der Waals surface area contributed by atoms with Crippen molar-refractivity contribution in [3.05, 3.63) is 29.3 Å². The van der Waals surface area contributed by atoms with Gasteiger partial charge in [0, 0.05) is 29.2 Å². The number of benzene rings is 1.